The van der Waals surface area contributed by atoms with E-state index in [0.29, 0.717) is 18.0 Å². The Morgan fingerprint density at radius 1 is 1.30 bits per heavy atom. The molecule has 0 unspecified atom stereocenters. The fourth-order valence-corrected chi connectivity index (χ4v) is 1.84. The number of aromatic nitrogens is 1. The smallest absolute Gasteiger partial charge is 0.220 e. The molecule has 1 heterocycles. The van der Waals surface area contributed by atoms with Gasteiger partial charge in [0.15, 0.2) is 0 Å². The maximum atomic E-state index is 11.4. The first-order valence-corrected chi connectivity index (χ1v) is 7.22. The van der Waals surface area contributed by atoms with Gasteiger partial charge < -0.3 is 16.4 Å². The summed E-state index contributed by atoms with van der Waals surface area (Å²) in [7, 11) is 0. The SMILES string of the molecule is Cc1ccc(N)c(NCCCCNC(=O)CC(C)C)n1. The van der Waals surface area contributed by atoms with Gasteiger partial charge in [-0.2, -0.15) is 0 Å². The number of carbonyl (C=O) groups is 1. The Labute approximate surface area is 121 Å². The van der Waals surface area contributed by atoms with Crippen molar-refractivity contribution in [3.05, 3.63) is 17.8 Å². The summed E-state index contributed by atoms with van der Waals surface area (Å²) < 4.78 is 0. The summed E-state index contributed by atoms with van der Waals surface area (Å²) in [5.41, 5.74) is 7.45. The van der Waals surface area contributed by atoms with E-state index < -0.39 is 0 Å². The quantitative estimate of drug-likeness (QED) is 0.638. The molecule has 20 heavy (non-hydrogen) atoms. The number of anilines is 2. The van der Waals surface area contributed by atoms with Crippen LogP contribution in [0, 0.1) is 12.8 Å². The predicted octanol–water partition coefficient (Wildman–Crippen LogP) is 2.33. The van der Waals surface area contributed by atoms with Crippen molar-refractivity contribution in [1.29, 1.82) is 0 Å². The second kappa shape index (κ2) is 8.40. The van der Waals surface area contributed by atoms with Gasteiger partial charge in [-0.3, -0.25) is 4.79 Å². The van der Waals surface area contributed by atoms with Crippen molar-refractivity contribution < 1.29 is 4.79 Å². The van der Waals surface area contributed by atoms with E-state index in [1.54, 1.807) is 0 Å². The van der Waals surface area contributed by atoms with E-state index in [9.17, 15) is 4.79 Å². The van der Waals surface area contributed by atoms with Gasteiger partial charge in [0.05, 0.1) is 5.69 Å². The lowest BCUT2D eigenvalue weighted by Crippen LogP contribution is -2.25. The monoisotopic (exact) mass is 278 g/mol. The Kier molecular flexibility index (Phi) is 6.84. The molecule has 1 aromatic heterocycles. The molecule has 5 nitrogen and oxygen atoms in total. The molecular formula is C15H26N4O. The van der Waals surface area contributed by atoms with Gasteiger partial charge in [0.2, 0.25) is 5.91 Å². The highest BCUT2D eigenvalue weighted by Crippen LogP contribution is 2.15. The van der Waals surface area contributed by atoms with E-state index in [4.69, 9.17) is 5.73 Å². The minimum absolute atomic E-state index is 0.137. The number of nitrogens with one attached hydrogen (secondary N) is 2. The summed E-state index contributed by atoms with van der Waals surface area (Å²) in [5.74, 6) is 1.29. The van der Waals surface area contributed by atoms with Crippen LogP contribution in [0.15, 0.2) is 12.1 Å². The van der Waals surface area contributed by atoms with Crippen molar-refractivity contribution in [1.82, 2.24) is 10.3 Å². The first kappa shape index (κ1) is 16.3. The fraction of sp³-hybridized carbons (Fsp3) is 0.600. The van der Waals surface area contributed by atoms with Crippen molar-refractivity contribution in [3.8, 4) is 0 Å². The van der Waals surface area contributed by atoms with Crippen LogP contribution in [0.4, 0.5) is 11.5 Å². The molecular weight excluding hydrogens is 252 g/mol. The molecule has 5 heteroatoms. The third kappa shape index (κ3) is 6.41. The van der Waals surface area contributed by atoms with E-state index in [1.807, 2.05) is 32.9 Å². The van der Waals surface area contributed by atoms with E-state index in [2.05, 4.69) is 15.6 Å². The highest BCUT2D eigenvalue weighted by Gasteiger charge is 2.03. The Balaban J connectivity index is 2.13. The summed E-state index contributed by atoms with van der Waals surface area (Å²) in [4.78, 5) is 15.8. The van der Waals surface area contributed by atoms with Crippen molar-refractivity contribution in [2.75, 3.05) is 24.1 Å². The molecule has 0 aromatic carbocycles. The van der Waals surface area contributed by atoms with Gasteiger partial charge in [-0.15, -0.1) is 0 Å². The van der Waals surface area contributed by atoms with Crippen LogP contribution in [0.1, 0.15) is 38.8 Å². The lowest BCUT2D eigenvalue weighted by molar-refractivity contribution is -0.121. The molecule has 0 aliphatic rings. The Morgan fingerprint density at radius 3 is 2.70 bits per heavy atom. The fourth-order valence-electron chi connectivity index (χ4n) is 1.84. The summed E-state index contributed by atoms with van der Waals surface area (Å²) in [6.45, 7) is 7.56. The van der Waals surface area contributed by atoms with Crippen LogP contribution in [0.2, 0.25) is 0 Å². The van der Waals surface area contributed by atoms with Crippen molar-refractivity contribution in [3.63, 3.8) is 0 Å². The number of amides is 1. The average molecular weight is 278 g/mol. The van der Waals surface area contributed by atoms with Gasteiger partial charge >= 0.3 is 0 Å². The highest BCUT2D eigenvalue weighted by molar-refractivity contribution is 5.75. The van der Waals surface area contributed by atoms with Crippen LogP contribution in [-0.2, 0) is 4.79 Å². The standard InChI is InChI=1S/C15H26N4O/c1-11(2)10-14(20)17-8-4-5-9-18-15-13(16)7-6-12(3)19-15/h6-7,11H,4-5,8-10,16H2,1-3H3,(H,17,20)(H,18,19). The minimum Gasteiger partial charge on any atom is -0.396 e. The van der Waals surface area contributed by atoms with Gasteiger partial charge in [-0.25, -0.2) is 4.98 Å². The number of unbranched alkanes of at least 4 members (excludes halogenated alkanes) is 1. The molecule has 0 bridgehead atoms. The molecule has 0 fully saturated rings. The zero-order valence-corrected chi connectivity index (χ0v) is 12.7. The van der Waals surface area contributed by atoms with E-state index in [-0.39, 0.29) is 5.91 Å². The number of hydrogen-bond acceptors (Lipinski definition) is 4. The van der Waals surface area contributed by atoms with Gasteiger partial charge in [0.25, 0.3) is 0 Å². The third-order valence-electron chi connectivity index (χ3n) is 2.88. The highest BCUT2D eigenvalue weighted by atomic mass is 16.1. The summed E-state index contributed by atoms with van der Waals surface area (Å²) in [6, 6.07) is 3.75. The number of nitrogen functional groups attached to an aromatic ring is 1. The third-order valence-corrected chi connectivity index (χ3v) is 2.88. The van der Waals surface area contributed by atoms with Gasteiger partial charge in [0.1, 0.15) is 5.82 Å². The van der Waals surface area contributed by atoms with Gasteiger partial charge in [-0.05, 0) is 37.8 Å². The molecule has 1 rings (SSSR count). The molecule has 0 radical (unpaired) electrons. The zero-order valence-electron chi connectivity index (χ0n) is 12.7. The Bertz CT molecular complexity index is 432. The van der Waals surface area contributed by atoms with Crippen molar-refractivity contribution in [2.24, 2.45) is 5.92 Å². The van der Waals surface area contributed by atoms with E-state index in [0.717, 1.165) is 37.4 Å². The molecule has 0 saturated carbocycles. The summed E-state index contributed by atoms with van der Waals surface area (Å²) in [6.07, 6.45) is 2.52. The van der Waals surface area contributed by atoms with Crippen LogP contribution in [-0.4, -0.2) is 24.0 Å². The van der Waals surface area contributed by atoms with Crippen molar-refractivity contribution >= 4 is 17.4 Å². The molecule has 0 atom stereocenters. The summed E-state index contributed by atoms with van der Waals surface area (Å²) >= 11 is 0. The average Bonchev–Trinajstić information content (AvgIpc) is 2.36. The van der Waals surface area contributed by atoms with Crippen LogP contribution < -0.4 is 16.4 Å². The molecule has 0 saturated heterocycles. The maximum Gasteiger partial charge on any atom is 0.220 e. The van der Waals surface area contributed by atoms with Crippen molar-refractivity contribution in [2.45, 2.75) is 40.0 Å². The lowest BCUT2D eigenvalue weighted by Gasteiger charge is -2.10. The van der Waals surface area contributed by atoms with Gasteiger partial charge in [0, 0.05) is 25.2 Å². The minimum atomic E-state index is 0.137. The zero-order chi connectivity index (χ0) is 15.0. The molecule has 1 aromatic rings. The number of nitrogens with zero attached hydrogens (tertiary/aromatic N) is 1. The first-order valence-electron chi connectivity index (χ1n) is 7.22. The second-order valence-electron chi connectivity index (χ2n) is 5.47. The molecule has 4 N–H and O–H groups in total. The normalized spacial score (nSPS) is 10.6. The second-order valence-corrected chi connectivity index (χ2v) is 5.47. The summed E-state index contributed by atoms with van der Waals surface area (Å²) in [5, 5.41) is 6.15. The van der Waals surface area contributed by atoms with Crippen LogP contribution >= 0.6 is 0 Å². The van der Waals surface area contributed by atoms with E-state index >= 15 is 0 Å². The molecule has 1 amide bonds. The number of hydrogen-bond donors (Lipinski definition) is 3. The molecule has 0 aliphatic heterocycles. The maximum absolute atomic E-state index is 11.4. The first-order chi connectivity index (χ1) is 9.49. The number of carbonyl (C=O) groups excluding carboxylic acids is 1. The molecule has 0 aliphatic carbocycles. The van der Waals surface area contributed by atoms with Crippen LogP contribution in [0.5, 0.6) is 0 Å². The van der Waals surface area contributed by atoms with Crippen LogP contribution in [0.3, 0.4) is 0 Å². The van der Waals surface area contributed by atoms with Crippen LogP contribution in [0.25, 0.3) is 0 Å². The predicted molar refractivity (Wildman–Crippen MR) is 83.6 cm³/mol. The Hall–Kier alpha value is -1.78. The Morgan fingerprint density at radius 2 is 2.00 bits per heavy atom. The topological polar surface area (TPSA) is 80.0 Å². The van der Waals surface area contributed by atoms with Gasteiger partial charge in [-0.1, -0.05) is 13.8 Å². The number of aryl methyl sites for hydroxylation is 1. The number of rotatable bonds is 8. The number of nitrogens with two attached hydrogens (primary N) is 1. The lowest BCUT2D eigenvalue weighted by atomic mass is 10.1. The molecule has 112 valence electrons. The number of pyridine rings is 1. The van der Waals surface area contributed by atoms with E-state index in [1.165, 1.54) is 0 Å². The molecule has 0 spiro atoms. The largest absolute Gasteiger partial charge is 0.396 e.